The number of benzene rings is 2. The molecule has 1 aliphatic carbocycles. The highest BCUT2D eigenvalue weighted by atomic mass is 127. The maximum absolute atomic E-state index is 13.6. The topological polar surface area (TPSA) is 129 Å². The summed E-state index contributed by atoms with van der Waals surface area (Å²) in [6.45, 7) is 3.39. The van der Waals surface area contributed by atoms with Gasteiger partial charge in [0, 0.05) is 31.5 Å². The Morgan fingerprint density at radius 1 is 1.19 bits per heavy atom. The molecule has 2 aromatic rings. The second-order valence-corrected chi connectivity index (χ2v) is 11.1. The monoisotopic (exact) mass is 696 g/mol. The Kier molecular flexibility index (Phi) is 13.2. The van der Waals surface area contributed by atoms with Gasteiger partial charge in [-0.1, -0.05) is 18.2 Å². The van der Waals surface area contributed by atoms with E-state index in [0.29, 0.717) is 32.6 Å². The van der Waals surface area contributed by atoms with Gasteiger partial charge in [-0.15, -0.1) is 6.58 Å². The molecule has 0 saturated carbocycles. The highest BCUT2D eigenvalue weighted by molar-refractivity contribution is 14.1. The van der Waals surface area contributed by atoms with Crippen molar-refractivity contribution in [3.05, 3.63) is 81.2 Å². The van der Waals surface area contributed by atoms with Crippen molar-refractivity contribution in [3.8, 4) is 11.5 Å². The zero-order valence-electron chi connectivity index (χ0n) is 23.6. The van der Waals surface area contributed by atoms with Crippen LogP contribution in [-0.4, -0.2) is 70.5 Å². The predicted molar refractivity (Wildman–Crippen MR) is 164 cm³/mol. The second-order valence-electron chi connectivity index (χ2n) is 9.97. The third kappa shape index (κ3) is 9.00. The quantitative estimate of drug-likeness (QED) is 0.127. The van der Waals surface area contributed by atoms with Crippen molar-refractivity contribution in [1.29, 1.82) is 0 Å². The van der Waals surface area contributed by atoms with Crippen LogP contribution in [0.4, 0.5) is 4.39 Å². The summed E-state index contributed by atoms with van der Waals surface area (Å²) in [6.07, 6.45) is 3.42. The number of nitrogens with one attached hydrogen (secondary N) is 1. The Morgan fingerprint density at radius 3 is 2.57 bits per heavy atom. The van der Waals surface area contributed by atoms with E-state index in [4.69, 9.17) is 9.47 Å². The lowest BCUT2D eigenvalue weighted by atomic mass is 9.87. The number of carbonyl (C=O) groups is 2. The number of amides is 2. The number of carbonyl (C=O) groups excluding carboxylic acids is 2. The smallest absolute Gasteiger partial charge is 0.247 e. The molecule has 1 aliphatic rings. The van der Waals surface area contributed by atoms with E-state index in [9.17, 15) is 29.3 Å². The number of ether oxygens (including phenoxy) is 2. The summed E-state index contributed by atoms with van der Waals surface area (Å²) in [6, 6.07) is 8.27. The fraction of sp³-hybridized carbons (Fsp3) is 0.419. The summed E-state index contributed by atoms with van der Waals surface area (Å²) in [5.74, 6) is -0.433. The number of halogens is 2. The van der Waals surface area contributed by atoms with Gasteiger partial charge >= 0.3 is 0 Å². The van der Waals surface area contributed by atoms with Gasteiger partial charge in [0.05, 0.1) is 29.9 Å². The van der Waals surface area contributed by atoms with E-state index >= 15 is 0 Å². The lowest BCUT2D eigenvalue weighted by Crippen LogP contribution is -2.54. The molecule has 3 rings (SSSR count). The lowest BCUT2D eigenvalue weighted by molar-refractivity contribution is -0.139. The van der Waals surface area contributed by atoms with E-state index in [2.05, 4.69) is 11.9 Å². The molecule has 0 aromatic heterocycles. The van der Waals surface area contributed by atoms with Crippen LogP contribution in [0.2, 0.25) is 0 Å². The molecule has 0 fully saturated rings. The minimum absolute atomic E-state index is 0.0325. The molecule has 2 amide bonds. The number of aliphatic hydroxyl groups excluding tert-OH is 3. The normalized spacial score (nSPS) is 18.1. The molecule has 0 saturated heterocycles. The van der Waals surface area contributed by atoms with Gasteiger partial charge in [-0.3, -0.25) is 9.59 Å². The van der Waals surface area contributed by atoms with Crippen LogP contribution in [0.15, 0.2) is 60.7 Å². The van der Waals surface area contributed by atoms with Gasteiger partial charge in [0.25, 0.3) is 0 Å². The van der Waals surface area contributed by atoms with Crippen molar-refractivity contribution in [2.24, 2.45) is 0 Å². The number of unbranched alkanes of at least 4 members (excludes halogenated alkanes) is 2. The van der Waals surface area contributed by atoms with Crippen LogP contribution in [0.1, 0.15) is 43.2 Å². The number of nitrogens with zero attached hydrogens (tertiary/aromatic N) is 1. The van der Waals surface area contributed by atoms with E-state index in [1.54, 1.807) is 30.3 Å². The van der Waals surface area contributed by atoms with Crippen LogP contribution in [0, 0.1) is 9.39 Å². The van der Waals surface area contributed by atoms with Crippen molar-refractivity contribution in [1.82, 2.24) is 10.2 Å². The van der Waals surface area contributed by atoms with E-state index in [1.807, 2.05) is 22.6 Å². The summed E-state index contributed by atoms with van der Waals surface area (Å²) in [5.41, 5.74) is 1.56. The van der Waals surface area contributed by atoms with Gasteiger partial charge < -0.3 is 35.0 Å². The van der Waals surface area contributed by atoms with E-state index in [-0.39, 0.29) is 50.6 Å². The number of hydrogen-bond acceptors (Lipinski definition) is 7. The molecule has 3 atom stereocenters. The van der Waals surface area contributed by atoms with E-state index < -0.39 is 30.0 Å². The average molecular weight is 697 g/mol. The number of allylic oxidation sites excluding steroid dienone is 1. The number of hydrogen-bond donors (Lipinski definition) is 4. The molecule has 4 N–H and O–H groups in total. The van der Waals surface area contributed by atoms with Crippen LogP contribution in [0.3, 0.4) is 0 Å². The molecule has 42 heavy (non-hydrogen) atoms. The van der Waals surface area contributed by atoms with Crippen LogP contribution < -0.4 is 14.8 Å². The van der Waals surface area contributed by atoms with Gasteiger partial charge in [-0.05, 0) is 83.3 Å². The van der Waals surface area contributed by atoms with Crippen molar-refractivity contribution in [2.75, 3.05) is 20.3 Å². The standard InChI is InChI=1S/C31H38FIN2O7/c1-3-4-5-6-7-28(38)35(18-20-8-10-23(32)11-9-20)25-16-22(31(40)34-12-13-36)17-26(29(25)39)42-30-24(33)14-21(19-37)15-27(30)41-2/h3,8-11,14-15,17,25-26,29,36-37,39H,1,4-7,12-13,16,18-19H2,2H3,(H,34,40)/t25-,26+,29+/m1/s1. The predicted octanol–water partition coefficient (Wildman–Crippen LogP) is 3.62. The van der Waals surface area contributed by atoms with Gasteiger partial charge in [0.2, 0.25) is 11.8 Å². The van der Waals surface area contributed by atoms with Crippen molar-refractivity contribution in [3.63, 3.8) is 0 Å². The molecule has 2 aromatic carbocycles. The van der Waals surface area contributed by atoms with Gasteiger partial charge in [-0.2, -0.15) is 0 Å². The summed E-state index contributed by atoms with van der Waals surface area (Å²) in [5, 5.41) is 33.2. The molecule has 228 valence electrons. The van der Waals surface area contributed by atoms with Crippen molar-refractivity contribution >= 4 is 34.4 Å². The first-order valence-corrected chi connectivity index (χ1v) is 14.9. The molecule has 0 spiro atoms. The first-order valence-electron chi connectivity index (χ1n) is 13.8. The molecular weight excluding hydrogens is 658 g/mol. The van der Waals surface area contributed by atoms with Crippen molar-refractivity contribution < 1.29 is 38.8 Å². The Morgan fingerprint density at radius 2 is 1.93 bits per heavy atom. The molecule has 0 heterocycles. The van der Waals surface area contributed by atoms with Gasteiger partial charge in [0.15, 0.2) is 11.5 Å². The van der Waals surface area contributed by atoms with Gasteiger partial charge in [-0.25, -0.2) is 4.39 Å². The van der Waals surface area contributed by atoms with Crippen LogP contribution in [0.5, 0.6) is 11.5 Å². The maximum Gasteiger partial charge on any atom is 0.247 e. The molecular formula is C31H38FIN2O7. The summed E-state index contributed by atoms with van der Waals surface area (Å²) in [4.78, 5) is 28.2. The molecule has 11 heteroatoms. The first kappa shape index (κ1) is 33.5. The molecule has 0 radical (unpaired) electrons. The third-order valence-corrected chi connectivity index (χ3v) is 7.78. The van der Waals surface area contributed by atoms with Crippen LogP contribution in [0.25, 0.3) is 0 Å². The molecule has 0 aliphatic heterocycles. The fourth-order valence-electron chi connectivity index (χ4n) is 4.78. The highest BCUT2D eigenvalue weighted by Crippen LogP contribution is 2.37. The zero-order chi connectivity index (χ0) is 30.6. The molecule has 0 unspecified atom stereocenters. The highest BCUT2D eigenvalue weighted by Gasteiger charge is 2.41. The number of methoxy groups -OCH3 is 1. The SMILES string of the molecule is C=CCCCCC(=O)N(Cc1ccc(F)cc1)[C@@H]1CC(C(=O)NCCO)=C[C@H](Oc2c(I)cc(CO)cc2OC)[C@H]1O. The fourth-order valence-corrected chi connectivity index (χ4v) is 5.57. The van der Waals surface area contributed by atoms with E-state index in [1.165, 1.54) is 30.2 Å². The lowest BCUT2D eigenvalue weighted by Gasteiger charge is -2.41. The van der Waals surface area contributed by atoms with E-state index in [0.717, 1.165) is 12.8 Å². The first-order chi connectivity index (χ1) is 20.2. The summed E-state index contributed by atoms with van der Waals surface area (Å²) >= 11 is 2.04. The van der Waals surface area contributed by atoms with Crippen LogP contribution in [-0.2, 0) is 22.7 Å². The number of rotatable bonds is 15. The Bertz CT molecular complexity index is 1250. The van der Waals surface area contributed by atoms with Crippen molar-refractivity contribution in [2.45, 2.75) is 63.5 Å². The molecule has 9 nitrogen and oxygen atoms in total. The number of aliphatic hydroxyl groups is 3. The maximum atomic E-state index is 13.6. The largest absolute Gasteiger partial charge is 0.493 e. The van der Waals surface area contributed by atoms with Crippen LogP contribution >= 0.6 is 22.6 Å². The average Bonchev–Trinajstić information content (AvgIpc) is 2.99. The minimum atomic E-state index is -1.24. The second kappa shape index (κ2) is 16.6. The van der Waals surface area contributed by atoms with Gasteiger partial charge in [0.1, 0.15) is 18.0 Å². The summed E-state index contributed by atoms with van der Waals surface area (Å²) in [7, 11) is 1.46. The Labute approximate surface area is 259 Å². The minimum Gasteiger partial charge on any atom is -0.493 e. The third-order valence-electron chi connectivity index (χ3n) is 6.98. The Balaban J connectivity index is 2.01. The summed E-state index contributed by atoms with van der Waals surface area (Å²) < 4.78 is 26.0. The molecule has 0 bridgehead atoms. The zero-order valence-corrected chi connectivity index (χ0v) is 25.8. The Hall–Kier alpha value is -3.00.